The average molecular weight is 305 g/mol. The predicted octanol–water partition coefficient (Wildman–Crippen LogP) is 2.96. The monoisotopic (exact) mass is 305 g/mol. The molecule has 1 aromatic heterocycles. The van der Waals surface area contributed by atoms with E-state index in [1.54, 1.807) is 0 Å². The summed E-state index contributed by atoms with van der Waals surface area (Å²) in [6.45, 7) is 4.17. The first-order chi connectivity index (χ1) is 10.2. The number of hydrogen-bond donors (Lipinski definition) is 1. The van der Waals surface area contributed by atoms with Crippen molar-refractivity contribution in [1.82, 2.24) is 14.8 Å². The third kappa shape index (κ3) is 3.85. The minimum atomic E-state index is -0.856. The molecule has 0 atom stereocenters. The molecule has 2 aromatic rings. The zero-order valence-electron chi connectivity index (χ0n) is 12.2. The lowest BCUT2D eigenvalue weighted by Gasteiger charge is -2.09. The lowest BCUT2D eigenvalue weighted by molar-refractivity contribution is -0.133. The van der Waals surface area contributed by atoms with Crippen molar-refractivity contribution in [2.75, 3.05) is 5.75 Å². The van der Waals surface area contributed by atoms with Crippen LogP contribution in [0.4, 0.5) is 0 Å². The Balaban J connectivity index is 2.31. The molecule has 0 bridgehead atoms. The maximum absolute atomic E-state index is 10.7. The van der Waals surface area contributed by atoms with Crippen molar-refractivity contribution in [1.29, 1.82) is 0 Å². The van der Waals surface area contributed by atoms with E-state index in [-0.39, 0.29) is 5.75 Å². The first-order valence-electron chi connectivity index (χ1n) is 7.03. The smallest absolute Gasteiger partial charge is 0.313 e. The molecule has 1 aromatic carbocycles. The first-order valence-corrected chi connectivity index (χ1v) is 8.02. The summed E-state index contributed by atoms with van der Waals surface area (Å²) >= 11 is 1.19. The summed E-state index contributed by atoms with van der Waals surface area (Å²) in [5.74, 6) is -0.0347. The first kappa shape index (κ1) is 15.6. The summed E-state index contributed by atoms with van der Waals surface area (Å²) in [6, 6.07) is 8.28. The number of carboxylic acids is 1. The number of carbonyl (C=O) groups is 1. The van der Waals surface area contributed by atoms with Crippen LogP contribution < -0.4 is 0 Å². The molecule has 21 heavy (non-hydrogen) atoms. The Morgan fingerprint density at radius 1 is 1.24 bits per heavy atom. The molecule has 0 saturated heterocycles. The van der Waals surface area contributed by atoms with Gasteiger partial charge in [0.25, 0.3) is 0 Å². The number of hydrogen-bond acceptors (Lipinski definition) is 4. The molecule has 0 aliphatic heterocycles. The van der Waals surface area contributed by atoms with Crippen molar-refractivity contribution in [3.63, 3.8) is 0 Å². The number of aliphatic carboxylic acids is 1. The van der Waals surface area contributed by atoms with Gasteiger partial charge in [-0.05, 0) is 24.1 Å². The molecule has 1 heterocycles. The molecule has 6 heteroatoms. The predicted molar refractivity (Wildman–Crippen MR) is 83.1 cm³/mol. The van der Waals surface area contributed by atoms with Gasteiger partial charge in [0.05, 0.1) is 5.75 Å². The van der Waals surface area contributed by atoms with Crippen molar-refractivity contribution in [3.05, 3.63) is 35.7 Å². The molecule has 5 nitrogen and oxygen atoms in total. The lowest BCUT2D eigenvalue weighted by atomic mass is 10.1. The van der Waals surface area contributed by atoms with E-state index >= 15 is 0 Å². The highest BCUT2D eigenvalue weighted by molar-refractivity contribution is 7.99. The Morgan fingerprint density at radius 3 is 2.52 bits per heavy atom. The fourth-order valence-electron chi connectivity index (χ4n) is 2.11. The largest absolute Gasteiger partial charge is 0.481 e. The highest BCUT2D eigenvalue weighted by Crippen LogP contribution is 2.22. The standard InChI is InChI=1S/C15H19N3O2S/c1-3-5-11-6-8-12(9-7-11)18-13(4-2)16-17-15(18)21-10-14(19)20/h6-9H,3-5,10H2,1-2H3,(H,19,20). The molecule has 2 rings (SSSR count). The van der Waals surface area contributed by atoms with Crippen LogP contribution in [0.3, 0.4) is 0 Å². The number of carboxylic acid groups (broad SMARTS) is 1. The van der Waals surface area contributed by atoms with Crippen molar-refractivity contribution in [3.8, 4) is 5.69 Å². The molecule has 0 aliphatic carbocycles. The van der Waals surface area contributed by atoms with E-state index in [9.17, 15) is 4.79 Å². The zero-order valence-corrected chi connectivity index (χ0v) is 13.1. The molecule has 1 N–H and O–H groups in total. The van der Waals surface area contributed by atoms with E-state index in [1.807, 2.05) is 23.6 Å². The fourth-order valence-corrected chi connectivity index (χ4v) is 2.80. The Bertz CT molecular complexity index is 608. The summed E-state index contributed by atoms with van der Waals surface area (Å²) in [7, 11) is 0. The van der Waals surface area contributed by atoms with Crippen LogP contribution in [-0.2, 0) is 17.6 Å². The molecular weight excluding hydrogens is 286 g/mol. The van der Waals surface area contributed by atoms with E-state index in [0.29, 0.717) is 5.16 Å². The van der Waals surface area contributed by atoms with Crippen LogP contribution in [0.25, 0.3) is 5.69 Å². The van der Waals surface area contributed by atoms with Gasteiger partial charge in [-0.1, -0.05) is 44.2 Å². The van der Waals surface area contributed by atoms with Crippen molar-refractivity contribution in [2.24, 2.45) is 0 Å². The minimum Gasteiger partial charge on any atom is -0.481 e. The summed E-state index contributed by atoms with van der Waals surface area (Å²) in [5.41, 5.74) is 2.27. The third-order valence-electron chi connectivity index (χ3n) is 3.07. The highest BCUT2D eigenvalue weighted by Gasteiger charge is 2.14. The van der Waals surface area contributed by atoms with Gasteiger partial charge in [-0.2, -0.15) is 0 Å². The van der Waals surface area contributed by atoms with Crippen LogP contribution in [0.2, 0.25) is 0 Å². The second-order valence-corrected chi connectivity index (χ2v) is 5.63. The topological polar surface area (TPSA) is 68.0 Å². The second-order valence-electron chi connectivity index (χ2n) is 4.69. The zero-order chi connectivity index (χ0) is 15.2. The summed E-state index contributed by atoms with van der Waals surface area (Å²) in [5, 5.41) is 17.7. The van der Waals surface area contributed by atoms with E-state index in [4.69, 9.17) is 5.11 Å². The molecule has 0 amide bonds. The summed E-state index contributed by atoms with van der Waals surface area (Å²) < 4.78 is 1.93. The second kappa shape index (κ2) is 7.26. The maximum atomic E-state index is 10.7. The van der Waals surface area contributed by atoms with E-state index in [2.05, 4.69) is 29.3 Å². The third-order valence-corrected chi connectivity index (χ3v) is 3.99. The molecular formula is C15H19N3O2S. The van der Waals surface area contributed by atoms with Gasteiger partial charge in [-0.3, -0.25) is 9.36 Å². The highest BCUT2D eigenvalue weighted by atomic mass is 32.2. The molecule has 0 saturated carbocycles. The van der Waals surface area contributed by atoms with Gasteiger partial charge in [0.2, 0.25) is 0 Å². The van der Waals surface area contributed by atoms with E-state index < -0.39 is 5.97 Å². The summed E-state index contributed by atoms with van der Waals surface area (Å²) in [6.07, 6.45) is 2.92. The van der Waals surface area contributed by atoms with E-state index in [1.165, 1.54) is 17.3 Å². The van der Waals surface area contributed by atoms with Gasteiger partial charge in [0.15, 0.2) is 5.16 Å². The number of aryl methyl sites for hydroxylation is 2. The van der Waals surface area contributed by atoms with Gasteiger partial charge in [-0.25, -0.2) is 0 Å². The number of nitrogens with zero attached hydrogens (tertiary/aromatic N) is 3. The van der Waals surface area contributed by atoms with Crippen LogP contribution in [0.5, 0.6) is 0 Å². The molecule has 0 unspecified atom stereocenters. The lowest BCUT2D eigenvalue weighted by Crippen LogP contribution is -2.04. The van der Waals surface area contributed by atoms with Crippen LogP contribution >= 0.6 is 11.8 Å². The Morgan fingerprint density at radius 2 is 1.95 bits per heavy atom. The molecule has 0 radical (unpaired) electrons. The van der Waals surface area contributed by atoms with Crippen LogP contribution in [0.1, 0.15) is 31.7 Å². The minimum absolute atomic E-state index is 0.0181. The van der Waals surface area contributed by atoms with Gasteiger partial charge in [0, 0.05) is 12.1 Å². The van der Waals surface area contributed by atoms with Crippen LogP contribution in [-0.4, -0.2) is 31.6 Å². The van der Waals surface area contributed by atoms with E-state index in [0.717, 1.165) is 30.8 Å². The Labute approximate surface area is 128 Å². The van der Waals surface area contributed by atoms with Gasteiger partial charge in [-0.15, -0.1) is 10.2 Å². The summed E-state index contributed by atoms with van der Waals surface area (Å²) in [4.78, 5) is 10.7. The van der Waals surface area contributed by atoms with Crippen molar-refractivity contribution in [2.45, 2.75) is 38.3 Å². The maximum Gasteiger partial charge on any atom is 0.313 e. The molecule has 0 fully saturated rings. The normalized spacial score (nSPS) is 10.8. The SMILES string of the molecule is CCCc1ccc(-n2c(CC)nnc2SCC(=O)O)cc1. The number of rotatable bonds is 7. The Kier molecular flexibility index (Phi) is 5.38. The van der Waals surface area contributed by atoms with Crippen molar-refractivity contribution >= 4 is 17.7 Å². The quantitative estimate of drug-likeness (QED) is 0.797. The average Bonchev–Trinajstić information content (AvgIpc) is 2.89. The van der Waals surface area contributed by atoms with Crippen LogP contribution in [0.15, 0.2) is 29.4 Å². The van der Waals surface area contributed by atoms with Gasteiger partial charge >= 0.3 is 5.97 Å². The number of thioether (sulfide) groups is 1. The van der Waals surface area contributed by atoms with Crippen molar-refractivity contribution < 1.29 is 9.90 Å². The van der Waals surface area contributed by atoms with Crippen LogP contribution in [0, 0.1) is 0 Å². The molecule has 0 spiro atoms. The van der Waals surface area contributed by atoms with Gasteiger partial charge < -0.3 is 5.11 Å². The Hall–Kier alpha value is -1.82. The van der Waals surface area contributed by atoms with Gasteiger partial charge in [0.1, 0.15) is 5.82 Å². The number of aromatic nitrogens is 3. The number of benzene rings is 1. The molecule has 112 valence electrons. The molecule has 0 aliphatic rings. The fraction of sp³-hybridized carbons (Fsp3) is 0.400.